The molecule has 2 heteroatoms. The Kier molecular flexibility index (Phi) is 6.20. The molecule has 0 aromatic carbocycles. The summed E-state index contributed by atoms with van der Waals surface area (Å²) in [5.74, 6) is 0.999. The van der Waals surface area contributed by atoms with E-state index in [4.69, 9.17) is 4.74 Å². The van der Waals surface area contributed by atoms with E-state index in [1.807, 2.05) is 0 Å². The van der Waals surface area contributed by atoms with Crippen molar-refractivity contribution in [3.8, 4) is 0 Å². The van der Waals surface area contributed by atoms with E-state index in [9.17, 15) is 0 Å². The SMILES string of the molecule is CCCOCCC(CC1CCC1)NC. The molecule has 0 amide bonds. The molecule has 0 bridgehead atoms. The fourth-order valence-electron chi connectivity index (χ4n) is 1.98. The largest absolute Gasteiger partial charge is 0.381 e. The molecule has 1 aliphatic carbocycles. The highest BCUT2D eigenvalue weighted by Crippen LogP contribution is 2.30. The molecule has 2 nitrogen and oxygen atoms in total. The standard InChI is InChI=1S/C12H25NO/c1-3-8-14-9-7-12(13-2)10-11-5-4-6-11/h11-13H,3-10H2,1-2H3. The summed E-state index contributed by atoms with van der Waals surface area (Å²) in [5.41, 5.74) is 0. The summed E-state index contributed by atoms with van der Waals surface area (Å²) in [6.07, 6.45) is 8.02. The van der Waals surface area contributed by atoms with Crippen LogP contribution in [-0.2, 0) is 4.74 Å². The van der Waals surface area contributed by atoms with E-state index in [0.717, 1.165) is 25.6 Å². The predicted octanol–water partition coefficient (Wildman–Crippen LogP) is 2.58. The van der Waals surface area contributed by atoms with Crippen LogP contribution in [0.2, 0.25) is 0 Å². The topological polar surface area (TPSA) is 21.3 Å². The van der Waals surface area contributed by atoms with E-state index in [2.05, 4.69) is 19.3 Å². The van der Waals surface area contributed by atoms with Crippen LogP contribution in [0.15, 0.2) is 0 Å². The number of rotatable bonds is 8. The van der Waals surface area contributed by atoms with Crippen molar-refractivity contribution in [1.82, 2.24) is 5.32 Å². The second-order valence-electron chi connectivity index (χ2n) is 4.42. The summed E-state index contributed by atoms with van der Waals surface area (Å²) in [6.45, 7) is 4.00. The zero-order chi connectivity index (χ0) is 10.2. The molecule has 0 heterocycles. The van der Waals surface area contributed by atoms with Crippen LogP contribution < -0.4 is 5.32 Å². The Bertz CT molecular complexity index is 134. The van der Waals surface area contributed by atoms with Crippen molar-refractivity contribution in [3.63, 3.8) is 0 Å². The normalized spacial score (nSPS) is 19.3. The number of hydrogen-bond acceptors (Lipinski definition) is 2. The third-order valence-corrected chi connectivity index (χ3v) is 3.21. The van der Waals surface area contributed by atoms with Gasteiger partial charge in [-0.3, -0.25) is 0 Å². The molecule has 0 aliphatic heterocycles. The Balaban J connectivity index is 1.99. The summed E-state index contributed by atoms with van der Waals surface area (Å²) >= 11 is 0. The molecule has 0 spiro atoms. The molecule has 0 aromatic heterocycles. The Hall–Kier alpha value is -0.0800. The molecule has 0 saturated heterocycles. The van der Waals surface area contributed by atoms with E-state index in [0.29, 0.717) is 6.04 Å². The maximum Gasteiger partial charge on any atom is 0.0480 e. The maximum absolute atomic E-state index is 5.51. The van der Waals surface area contributed by atoms with Gasteiger partial charge in [-0.25, -0.2) is 0 Å². The first-order chi connectivity index (χ1) is 6.86. The summed E-state index contributed by atoms with van der Waals surface area (Å²) in [4.78, 5) is 0. The van der Waals surface area contributed by atoms with Crippen molar-refractivity contribution in [3.05, 3.63) is 0 Å². The minimum atomic E-state index is 0.678. The van der Waals surface area contributed by atoms with Crippen LogP contribution in [0.3, 0.4) is 0 Å². The smallest absolute Gasteiger partial charge is 0.0480 e. The zero-order valence-corrected chi connectivity index (χ0v) is 9.72. The summed E-state index contributed by atoms with van der Waals surface area (Å²) in [7, 11) is 2.07. The predicted molar refractivity (Wildman–Crippen MR) is 60.5 cm³/mol. The lowest BCUT2D eigenvalue weighted by atomic mass is 9.80. The molecule has 1 atom stereocenters. The van der Waals surface area contributed by atoms with Crippen LogP contribution in [0, 0.1) is 5.92 Å². The van der Waals surface area contributed by atoms with Gasteiger partial charge in [0.25, 0.3) is 0 Å². The highest BCUT2D eigenvalue weighted by molar-refractivity contribution is 4.76. The second-order valence-corrected chi connectivity index (χ2v) is 4.42. The summed E-state index contributed by atoms with van der Waals surface area (Å²) in [5, 5.41) is 3.40. The molecule has 84 valence electrons. The molecule has 1 unspecified atom stereocenters. The minimum Gasteiger partial charge on any atom is -0.381 e. The molecule has 0 aromatic rings. The van der Waals surface area contributed by atoms with Crippen LogP contribution in [0.25, 0.3) is 0 Å². The third-order valence-electron chi connectivity index (χ3n) is 3.21. The second kappa shape index (κ2) is 7.24. The lowest BCUT2D eigenvalue weighted by Crippen LogP contribution is -2.31. The summed E-state index contributed by atoms with van der Waals surface area (Å²) in [6, 6.07) is 0.678. The van der Waals surface area contributed by atoms with Crippen LogP contribution in [0.5, 0.6) is 0 Å². The van der Waals surface area contributed by atoms with Gasteiger partial charge in [0.15, 0.2) is 0 Å². The number of ether oxygens (including phenoxy) is 1. The monoisotopic (exact) mass is 199 g/mol. The Morgan fingerprint density at radius 3 is 2.64 bits per heavy atom. The van der Waals surface area contributed by atoms with Gasteiger partial charge >= 0.3 is 0 Å². The van der Waals surface area contributed by atoms with Crippen molar-refractivity contribution in [2.24, 2.45) is 5.92 Å². The highest BCUT2D eigenvalue weighted by Gasteiger charge is 2.20. The van der Waals surface area contributed by atoms with Crippen molar-refractivity contribution in [2.45, 2.75) is 51.5 Å². The van der Waals surface area contributed by atoms with E-state index in [1.165, 1.54) is 32.1 Å². The summed E-state index contributed by atoms with van der Waals surface area (Å²) < 4.78 is 5.51. The maximum atomic E-state index is 5.51. The third kappa shape index (κ3) is 4.43. The van der Waals surface area contributed by atoms with Gasteiger partial charge in [-0.15, -0.1) is 0 Å². The molecule has 0 radical (unpaired) electrons. The Morgan fingerprint density at radius 2 is 2.14 bits per heavy atom. The molecular formula is C12H25NO. The van der Waals surface area contributed by atoms with Gasteiger partial charge in [-0.05, 0) is 32.2 Å². The number of nitrogens with one attached hydrogen (secondary N) is 1. The molecule has 14 heavy (non-hydrogen) atoms. The average molecular weight is 199 g/mol. The highest BCUT2D eigenvalue weighted by atomic mass is 16.5. The molecule has 1 saturated carbocycles. The first-order valence-corrected chi connectivity index (χ1v) is 6.11. The molecular weight excluding hydrogens is 174 g/mol. The fourth-order valence-corrected chi connectivity index (χ4v) is 1.98. The number of hydrogen-bond donors (Lipinski definition) is 1. The lowest BCUT2D eigenvalue weighted by molar-refractivity contribution is 0.119. The van der Waals surface area contributed by atoms with Crippen molar-refractivity contribution in [2.75, 3.05) is 20.3 Å². The van der Waals surface area contributed by atoms with Gasteiger partial charge in [0.05, 0.1) is 0 Å². The Morgan fingerprint density at radius 1 is 1.36 bits per heavy atom. The van der Waals surface area contributed by atoms with Crippen LogP contribution in [0.1, 0.15) is 45.4 Å². The lowest BCUT2D eigenvalue weighted by Gasteiger charge is -2.29. The quantitative estimate of drug-likeness (QED) is 0.607. The van der Waals surface area contributed by atoms with Crippen molar-refractivity contribution < 1.29 is 4.74 Å². The first-order valence-electron chi connectivity index (χ1n) is 6.11. The van der Waals surface area contributed by atoms with Gasteiger partial charge in [0, 0.05) is 19.3 Å². The van der Waals surface area contributed by atoms with Gasteiger partial charge < -0.3 is 10.1 Å². The minimum absolute atomic E-state index is 0.678. The van der Waals surface area contributed by atoms with Gasteiger partial charge in [0.1, 0.15) is 0 Å². The molecule has 1 aliphatic rings. The van der Waals surface area contributed by atoms with E-state index in [1.54, 1.807) is 0 Å². The van der Waals surface area contributed by atoms with Gasteiger partial charge in [-0.2, -0.15) is 0 Å². The van der Waals surface area contributed by atoms with Crippen molar-refractivity contribution >= 4 is 0 Å². The zero-order valence-electron chi connectivity index (χ0n) is 9.72. The Labute approximate surface area is 88.4 Å². The van der Waals surface area contributed by atoms with Gasteiger partial charge in [-0.1, -0.05) is 26.2 Å². The van der Waals surface area contributed by atoms with Crippen LogP contribution in [0.4, 0.5) is 0 Å². The van der Waals surface area contributed by atoms with E-state index < -0.39 is 0 Å². The fraction of sp³-hybridized carbons (Fsp3) is 1.00. The molecule has 1 rings (SSSR count). The van der Waals surface area contributed by atoms with E-state index >= 15 is 0 Å². The van der Waals surface area contributed by atoms with E-state index in [-0.39, 0.29) is 0 Å². The molecule has 1 N–H and O–H groups in total. The first kappa shape index (κ1) is 12.0. The van der Waals surface area contributed by atoms with Crippen LogP contribution in [-0.4, -0.2) is 26.3 Å². The van der Waals surface area contributed by atoms with Crippen molar-refractivity contribution in [1.29, 1.82) is 0 Å². The van der Waals surface area contributed by atoms with Crippen LogP contribution >= 0.6 is 0 Å². The molecule has 1 fully saturated rings. The average Bonchev–Trinajstić information content (AvgIpc) is 2.14. The van der Waals surface area contributed by atoms with Gasteiger partial charge in [0.2, 0.25) is 0 Å².